The fourth-order valence-corrected chi connectivity index (χ4v) is 3.92. The van der Waals surface area contributed by atoms with Crippen molar-refractivity contribution in [2.24, 2.45) is 0 Å². The third kappa shape index (κ3) is 5.80. The average Bonchev–Trinajstić information content (AvgIpc) is 3.35. The first-order valence-electron chi connectivity index (χ1n) is 11.8. The van der Waals surface area contributed by atoms with Gasteiger partial charge in [0.15, 0.2) is 0 Å². The number of hydrogen-bond donors (Lipinski definition) is 2. The Morgan fingerprint density at radius 2 is 1.82 bits per heavy atom. The van der Waals surface area contributed by atoms with Crippen molar-refractivity contribution in [2.45, 2.75) is 26.6 Å². The Labute approximate surface area is 217 Å². The van der Waals surface area contributed by atoms with Crippen molar-refractivity contribution in [1.29, 1.82) is 0 Å². The SMILES string of the molecule is Cc1cn(-c2cc(NCc3ccc(C)c(Nc4nccc(-c5cccnc5)n4)c3)cc(C(F)(F)F)c2)cn1. The molecule has 192 valence electrons. The van der Waals surface area contributed by atoms with Gasteiger partial charge in [0.25, 0.3) is 0 Å². The minimum atomic E-state index is -4.48. The van der Waals surface area contributed by atoms with Crippen molar-refractivity contribution in [1.82, 2.24) is 24.5 Å². The van der Waals surface area contributed by atoms with Crippen LogP contribution >= 0.6 is 0 Å². The van der Waals surface area contributed by atoms with E-state index in [2.05, 4.69) is 30.6 Å². The number of pyridine rings is 1. The van der Waals surface area contributed by atoms with E-state index in [0.29, 0.717) is 29.6 Å². The Bertz CT molecular complexity index is 1560. The van der Waals surface area contributed by atoms with E-state index >= 15 is 0 Å². The molecule has 5 aromatic rings. The molecule has 0 amide bonds. The standard InChI is InChI=1S/C28H24F3N7/c1-18-5-6-20(10-26(18)37-27-33-9-7-25(36-27)21-4-3-8-32-15-21)14-34-23-11-22(28(29,30)31)12-24(13-23)38-16-19(2)35-17-38/h3-13,15-17,34H,14H2,1-2H3,(H,33,36,37). The van der Waals surface area contributed by atoms with E-state index in [9.17, 15) is 13.2 Å². The Hall–Kier alpha value is -4.73. The van der Waals surface area contributed by atoms with E-state index < -0.39 is 11.7 Å². The van der Waals surface area contributed by atoms with Crippen molar-refractivity contribution < 1.29 is 13.2 Å². The van der Waals surface area contributed by atoms with Crippen LogP contribution in [0.4, 0.5) is 30.5 Å². The third-order valence-electron chi connectivity index (χ3n) is 5.91. The lowest BCUT2D eigenvalue weighted by Gasteiger charge is -2.15. The molecule has 2 aromatic carbocycles. The molecule has 5 rings (SSSR count). The first kappa shape index (κ1) is 24.9. The molecule has 0 saturated carbocycles. The number of nitrogens with one attached hydrogen (secondary N) is 2. The number of alkyl halides is 3. The number of anilines is 3. The molecular formula is C28H24F3N7. The number of nitrogens with zero attached hydrogens (tertiary/aromatic N) is 5. The maximum Gasteiger partial charge on any atom is 0.416 e. The highest BCUT2D eigenvalue weighted by Crippen LogP contribution is 2.33. The summed E-state index contributed by atoms with van der Waals surface area (Å²) in [5, 5.41) is 6.39. The zero-order valence-electron chi connectivity index (χ0n) is 20.7. The second kappa shape index (κ2) is 10.3. The molecule has 3 aromatic heterocycles. The quantitative estimate of drug-likeness (QED) is 0.251. The van der Waals surface area contributed by atoms with Crippen LogP contribution in [0.3, 0.4) is 0 Å². The van der Waals surface area contributed by atoms with E-state index in [0.717, 1.165) is 40.2 Å². The highest BCUT2D eigenvalue weighted by atomic mass is 19.4. The Kier molecular flexibility index (Phi) is 6.78. The largest absolute Gasteiger partial charge is 0.416 e. The van der Waals surface area contributed by atoms with Crippen molar-refractivity contribution in [3.8, 4) is 16.9 Å². The lowest BCUT2D eigenvalue weighted by molar-refractivity contribution is -0.137. The van der Waals surface area contributed by atoms with Gasteiger partial charge >= 0.3 is 6.18 Å². The van der Waals surface area contributed by atoms with Crippen LogP contribution in [0, 0.1) is 13.8 Å². The lowest BCUT2D eigenvalue weighted by atomic mass is 10.1. The van der Waals surface area contributed by atoms with Gasteiger partial charge in [-0.05, 0) is 67.4 Å². The molecule has 7 nitrogen and oxygen atoms in total. The molecule has 0 bridgehead atoms. The van der Waals surface area contributed by atoms with Crippen molar-refractivity contribution in [2.75, 3.05) is 10.6 Å². The molecule has 38 heavy (non-hydrogen) atoms. The number of imidazole rings is 1. The van der Waals surface area contributed by atoms with Crippen LogP contribution < -0.4 is 10.6 Å². The van der Waals surface area contributed by atoms with E-state index in [1.165, 1.54) is 6.33 Å². The number of rotatable bonds is 7. The molecule has 0 fully saturated rings. The second-order valence-corrected chi connectivity index (χ2v) is 8.82. The molecule has 0 aliphatic heterocycles. The Balaban J connectivity index is 1.36. The summed E-state index contributed by atoms with van der Waals surface area (Å²) in [6, 6.07) is 15.3. The van der Waals surface area contributed by atoms with Gasteiger partial charge in [-0.3, -0.25) is 4.98 Å². The predicted octanol–water partition coefficient (Wildman–Crippen LogP) is 6.72. The number of hydrogen-bond acceptors (Lipinski definition) is 6. The minimum absolute atomic E-state index is 0.315. The number of benzene rings is 2. The first-order valence-corrected chi connectivity index (χ1v) is 11.8. The van der Waals surface area contributed by atoms with Crippen LogP contribution in [0.5, 0.6) is 0 Å². The molecule has 0 aliphatic rings. The number of aromatic nitrogens is 5. The van der Waals surface area contributed by atoms with Crippen LogP contribution in [0.25, 0.3) is 16.9 Å². The highest BCUT2D eigenvalue weighted by Gasteiger charge is 2.31. The summed E-state index contributed by atoms with van der Waals surface area (Å²) in [5.41, 5.74) is 4.96. The van der Waals surface area contributed by atoms with Crippen LogP contribution in [-0.2, 0) is 12.7 Å². The van der Waals surface area contributed by atoms with Crippen LogP contribution in [0.1, 0.15) is 22.4 Å². The summed E-state index contributed by atoms with van der Waals surface area (Å²) >= 11 is 0. The van der Waals surface area contributed by atoms with E-state index in [-0.39, 0.29) is 0 Å². The van der Waals surface area contributed by atoms with Gasteiger partial charge in [0.1, 0.15) is 0 Å². The number of halogens is 3. The molecule has 0 radical (unpaired) electrons. The summed E-state index contributed by atoms with van der Waals surface area (Å²) in [4.78, 5) is 17.2. The zero-order chi connectivity index (χ0) is 26.7. The molecule has 0 saturated heterocycles. The smallest absolute Gasteiger partial charge is 0.381 e. The van der Waals surface area contributed by atoms with E-state index in [1.54, 1.807) is 42.3 Å². The average molecular weight is 516 g/mol. The Morgan fingerprint density at radius 3 is 2.55 bits per heavy atom. The first-order chi connectivity index (χ1) is 18.2. The zero-order valence-corrected chi connectivity index (χ0v) is 20.7. The predicted molar refractivity (Wildman–Crippen MR) is 140 cm³/mol. The molecule has 10 heteroatoms. The summed E-state index contributed by atoms with van der Waals surface area (Å²) < 4.78 is 42.4. The normalized spacial score (nSPS) is 11.4. The summed E-state index contributed by atoms with van der Waals surface area (Å²) in [7, 11) is 0. The maximum atomic E-state index is 13.6. The van der Waals surface area contributed by atoms with Gasteiger partial charge in [-0.15, -0.1) is 0 Å². The van der Waals surface area contributed by atoms with Gasteiger partial charge in [-0.1, -0.05) is 12.1 Å². The van der Waals surface area contributed by atoms with Gasteiger partial charge in [0.2, 0.25) is 5.95 Å². The van der Waals surface area contributed by atoms with Gasteiger partial charge in [-0.25, -0.2) is 15.0 Å². The third-order valence-corrected chi connectivity index (χ3v) is 5.91. The van der Waals surface area contributed by atoms with Crippen molar-refractivity contribution in [3.63, 3.8) is 0 Å². The highest BCUT2D eigenvalue weighted by molar-refractivity contribution is 5.63. The van der Waals surface area contributed by atoms with Crippen LogP contribution in [0.15, 0.2) is 85.7 Å². The fraction of sp³-hybridized carbons (Fsp3) is 0.143. The van der Waals surface area contributed by atoms with E-state index in [4.69, 9.17) is 0 Å². The maximum absolute atomic E-state index is 13.6. The lowest BCUT2D eigenvalue weighted by Crippen LogP contribution is -2.09. The molecular weight excluding hydrogens is 491 g/mol. The Morgan fingerprint density at radius 1 is 0.947 bits per heavy atom. The molecule has 3 heterocycles. The van der Waals surface area contributed by atoms with E-state index in [1.807, 2.05) is 43.3 Å². The fourth-order valence-electron chi connectivity index (χ4n) is 3.92. The molecule has 0 atom stereocenters. The van der Waals surface area contributed by atoms with Crippen molar-refractivity contribution >= 4 is 17.3 Å². The van der Waals surface area contributed by atoms with Crippen LogP contribution in [-0.4, -0.2) is 24.5 Å². The molecule has 0 spiro atoms. The minimum Gasteiger partial charge on any atom is -0.381 e. The van der Waals surface area contributed by atoms with Gasteiger partial charge < -0.3 is 15.2 Å². The number of aryl methyl sites for hydroxylation is 2. The second-order valence-electron chi connectivity index (χ2n) is 8.82. The molecule has 0 unspecified atom stereocenters. The van der Waals surface area contributed by atoms with Gasteiger partial charge in [-0.2, -0.15) is 13.2 Å². The summed E-state index contributed by atoms with van der Waals surface area (Å²) in [6.45, 7) is 4.05. The summed E-state index contributed by atoms with van der Waals surface area (Å²) in [5.74, 6) is 0.428. The topological polar surface area (TPSA) is 80.5 Å². The summed E-state index contributed by atoms with van der Waals surface area (Å²) in [6.07, 6.45) is 3.81. The van der Waals surface area contributed by atoms with Crippen molar-refractivity contribution in [3.05, 3.63) is 108 Å². The van der Waals surface area contributed by atoms with Crippen LogP contribution in [0.2, 0.25) is 0 Å². The molecule has 2 N–H and O–H groups in total. The van der Waals surface area contributed by atoms with Gasteiger partial charge in [0, 0.05) is 54.0 Å². The molecule has 0 aliphatic carbocycles. The monoisotopic (exact) mass is 515 g/mol. The van der Waals surface area contributed by atoms with Gasteiger partial charge in [0.05, 0.1) is 23.3 Å².